The molecule has 1 fully saturated rings. The summed E-state index contributed by atoms with van der Waals surface area (Å²) in [6, 6.07) is 2.61. The van der Waals surface area contributed by atoms with Gasteiger partial charge in [0.25, 0.3) is 5.91 Å². The van der Waals surface area contributed by atoms with Crippen LogP contribution in [0.4, 0.5) is 4.39 Å². The molecule has 1 N–H and O–H groups in total. The maximum atomic E-state index is 12.6. The van der Waals surface area contributed by atoms with Crippen LogP contribution in [0.15, 0.2) is 18.3 Å². The van der Waals surface area contributed by atoms with Crippen molar-refractivity contribution in [2.45, 2.75) is 25.8 Å². The van der Waals surface area contributed by atoms with Crippen molar-refractivity contribution in [3.05, 3.63) is 29.8 Å². The van der Waals surface area contributed by atoms with Crippen molar-refractivity contribution >= 4 is 11.8 Å². The molecule has 0 radical (unpaired) electrons. The molecule has 0 bridgehead atoms. The van der Waals surface area contributed by atoms with E-state index in [4.69, 9.17) is 0 Å². The Balaban J connectivity index is 1.87. The number of carbonyl (C=O) groups is 2. The van der Waals surface area contributed by atoms with Crippen LogP contribution in [-0.2, 0) is 4.79 Å². The van der Waals surface area contributed by atoms with Crippen molar-refractivity contribution < 1.29 is 14.0 Å². The molecular weight excluding hydrogens is 249 g/mol. The highest BCUT2D eigenvalue weighted by atomic mass is 19.1. The molecule has 1 aromatic heterocycles. The molecular formula is C13H16FN3O2. The van der Waals surface area contributed by atoms with Crippen LogP contribution in [-0.4, -0.2) is 40.8 Å². The lowest BCUT2D eigenvalue weighted by atomic mass is 10.0. The van der Waals surface area contributed by atoms with Crippen molar-refractivity contribution in [3.63, 3.8) is 0 Å². The third-order valence-electron chi connectivity index (χ3n) is 3.27. The van der Waals surface area contributed by atoms with Crippen LogP contribution in [0.1, 0.15) is 30.1 Å². The first-order valence-corrected chi connectivity index (χ1v) is 6.24. The molecule has 0 saturated carbocycles. The van der Waals surface area contributed by atoms with Crippen LogP contribution in [0.25, 0.3) is 0 Å². The topological polar surface area (TPSA) is 62.3 Å². The molecule has 5 nitrogen and oxygen atoms in total. The standard InChI is InChI=1S/C13H16FN3O2/c1-9(18)17-6-4-11(5-7-17)16-13(19)10-2-3-12(14)15-8-10/h2-3,8,11H,4-7H2,1H3,(H,16,19). The van der Waals surface area contributed by atoms with Gasteiger partial charge in [0.2, 0.25) is 11.9 Å². The second-order valence-electron chi connectivity index (χ2n) is 4.62. The minimum Gasteiger partial charge on any atom is -0.349 e. The summed E-state index contributed by atoms with van der Waals surface area (Å²) in [6.07, 6.45) is 2.69. The first kappa shape index (κ1) is 13.5. The van der Waals surface area contributed by atoms with Crippen LogP contribution < -0.4 is 5.32 Å². The number of piperidine rings is 1. The van der Waals surface area contributed by atoms with E-state index in [0.717, 1.165) is 18.9 Å². The van der Waals surface area contributed by atoms with E-state index < -0.39 is 5.95 Å². The van der Waals surface area contributed by atoms with Gasteiger partial charge in [0.15, 0.2) is 0 Å². The molecule has 1 aliphatic heterocycles. The van der Waals surface area contributed by atoms with Crippen molar-refractivity contribution in [3.8, 4) is 0 Å². The Bertz CT molecular complexity index is 467. The molecule has 0 atom stereocenters. The molecule has 1 saturated heterocycles. The molecule has 1 aromatic rings. The number of rotatable bonds is 2. The molecule has 0 aliphatic carbocycles. The van der Waals surface area contributed by atoms with E-state index in [1.165, 1.54) is 12.3 Å². The second-order valence-corrected chi connectivity index (χ2v) is 4.62. The van der Waals surface area contributed by atoms with Gasteiger partial charge in [0.1, 0.15) is 0 Å². The number of amides is 2. The minimum absolute atomic E-state index is 0.0492. The number of hydrogen-bond acceptors (Lipinski definition) is 3. The van der Waals surface area contributed by atoms with Gasteiger partial charge < -0.3 is 10.2 Å². The lowest BCUT2D eigenvalue weighted by Gasteiger charge is -2.31. The maximum absolute atomic E-state index is 12.6. The van der Waals surface area contributed by atoms with E-state index >= 15 is 0 Å². The van der Waals surface area contributed by atoms with E-state index in [0.29, 0.717) is 18.7 Å². The van der Waals surface area contributed by atoms with Gasteiger partial charge in [-0.1, -0.05) is 0 Å². The summed E-state index contributed by atoms with van der Waals surface area (Å²) in [5.41, 5.74) is 0.343. The molecule has 1 aliphatic rings. The van der Waals surface area contributed by atoms with Gasteiger partial charge in [-0.2, -0.15) is 4.39 Å². The van der Waals surface area contributed by atoms with E-state index in [1.54, 1.807) is 11.8 Å². The highest BCUT2D eigenvalue weighted by Crippen LogP contribution is 2.11. The van der Waals surface area contributed by atoms with Crippen molar-refractivity contribution in [1.29, 1.82) is 0 Å². The van der Waals surface area contributed by atoms with Crippen molar-refractivity contribution in [2.75, 3.05) is 13.1 Å². The monoisotopic (exact) mass is 265 g/mol. The molecule has 2 rings (SSSR count). The summed E-state index contributed by atoms with van der Waals surface area (Å²) in [7, 11) is 0. The van der Waals surface area contributed by atoms with Gasteiger partial charge in [0, 0.05) is 32.3 Å². The minimum atomic E-state index is -0.605. The van der Waals surface area contributed by atoms with Gasteiger partial charge in [0.05, 0.1) is 5.56 Å². The normalized spacial score (nSPS) is 16.2. The average molecular weight is 265 g/mol. The zero-order valence-electron chi connectivity index (χ0n) is 10.7. The fraction of sp³-hybridized carbons (Fsp3) is 0.462. The van der Waals surface area contributed by atoms with Gasteiger partial charge in [-0.3, -0.25) is 9.59 Å². The van der Waals surface area contributed by atoms with E-state index in [2.05, 4.69) is 10.3 Å². The van der Waals surface area contributed by atoms with Crippen LogP contribution in [0.3, 0.4) is 0 Å². The Morgan fingerprint density at radius 1 is 1.37 bits per heavy atom. The Kier molecular flexibility index (Phi) is 4.09. The highest BCUT2D eigenvalue weighted by Gasteiger charge is 2.22. The third kappa shape index (κ3) is 3.49. The Hall–Kier alpha value is -1.98. The van der Waals surface area contributed by atoms with Crippen molar-refractivity contribution in [1.82, 2.24) is 15.2 Å². The Morgan fingerprint density at radius 2 is 2.05 bits per heavy atom. The number of carbonyl (C=O) groups excluding carboxylic acids is 2. The quantitative estimate of drug-likeness (QED) is 0.810. The predicted octanol–water partition coefficient (Wildman–Crippen LogP) is 0.961. The van der Waals surface area contributed by atoms with E-state index in [1.807, 2.05) is 0 Å². The summed E-state index contributed by atoms with van der Waals surface area (Å²) in [5, 5.41) is 2.87. The summed E-state index contributed by atoms with van der Waals surface area (Å²) in [6.45, 7) is 2.85. The number of halogens is 1. The van der Waals surface area contributed by atoms with E-state index in [9.17, 15) is 14.0 Å². The fourth-order valence-corrected chi connectivity index (χ4v) is 2.12. The first-order chi connectivity index (χ1) is 9.06. The summed E-state index contributed by atoms with van der Waals surface area (Å²) in [4.78, 5) is 28.3. The first-order valence-electron chi connectivity index (χ1n) is 6.24. The lowest BCUT2D eigenvalue weighted by Crippen LogP contribution is -2.46. The molecule has 0 unspecified atom stereocenters. The number of nitrogens with one attached hydrogen (secondary N) is 1. The number of pyridine rings is 1. The smallest absolute Gasteiger partial charge is 0.253 e. The molecule has 2 amide bonds. The lowest BCUT2D eigenvalue weighted by molar-refractivity contribution is -0.129. The maximum Gasteiger partial charge on any atom is 0.253 e. The fourth-order valence-electron chi connectivity index (χ4n) is 2.12. The number of likely N-dealkylation sites (tertiary alicyclic amines) is 1. The van der Waals surface area contributed by atoms with Gasteiger partial charge >= 0.3 is 0 Å². The molecule has 6 heteroatoms. The number of nitrogens with zero attached hydrogens (tertiary/aromatic N) is 2. The largest absolute Gasteiger partial charge is 0.349 e. The summed E-state index contributed by atoms with van der Waals surface area (Å²) >= 11 is 0. The van der Waals surface area contributed by atoms with Crippen LogP contribution in [0.2, 0.25) is 0 Å². The number of aromatic nitrogens is 1. The average Bonchev–Trinajstić information content (AvgIpc) is 2.40. The Labute approximate surface area is 110 Å². The van der Waals surface area contributed by atoms with Crippen molar-refractivity contribution in [2.24, 2.45) is 0 Å². The molecule has 19 heavy (non-hydrogen) atoms. The van der Waals surface area contributed by atoms with E-state index in [-0.39, 0.29) is 17.9 Å². The van der Waals surface area contributed by atoms with Crippen LogP contribution >= 0.6 is 0 Å². The zero-order valence-corrected chi connectivity index (χ0v) is 10.7. The number of hydrogen-bond donors (Lipinski definition) is 1. The summed E-state index contributed by atoms with van der Waals surface area (Å²) in [5.74, 6) is -0.799. The third-order valence-corrected chi connectivity index (χ3v) is 3.27. The van der Waals surface area contributed by atoms with Gasteiger partial charge in [-0.05, 0) is 25.0 Å². The van der Waals surface area contributed by atoms with Gasteiger partial charge in [-0.25, -0.2) is 4.98 Å². The SMILES string of the molecule is CC(=O)N1CCC(NC(=O)c2ccc(F)nc2)CC1. The molecule has 0 aromatic carbocycles. The zero-order chi connectivity index (χ0) is 13.8. The summed E-state index contributed by atoms with van der Waals surface area (Å²) < 4.78 is 12.6. The van der Waals surface area contributed by atoms with Gasteiger partial charge in [-0.15, -0.1) is 0 Å². The molecule has 102 valence electrons. The highest BCUT2D eigenvalue weighted by molar-refractivity contribution is 5.94. The molecule has 0 spiro atoms. The predicted molar refractivity (Wildman–Crippen MR) is 66.9 cm³/mol. The second kappa shape index (κ2) is 5.77. The van der Waals surface area contributed by atoms with Crippen LogP contribution in [0, 0.1) is 5.95 Å². The Morgan fingerprint density at radius 3 is 2.58 bits per heavy atom. The molecule has 2 heterocycles. The van der Waals surface area contributed by atoms with Crippen LogP contribution in [0.5, 0.6) is 0 Å².